The lowest BCUT2D eigenvalue weighted by atomic mass is 10.0. The molecule has 0 aliphatic heterocycles. The minimum Gasteiger partial charge on any atom is -0.347 e. The first-order valence-corrected chi connectivity index (χ1v) is 7.38. The molecule has 1 aliphatic rings. The van der Waals surface area contributed by atoms with Crippen LogP contribution >= 0.6 is 24.0 Å². The van der Waals surface area contributed by atoms with Gasteiger partial charge in [0.1, 0.15) is 5.01 Å². The molecule has 0 saturated heterocycles. The minimum absolute atomic E-state index is 0.0110. The number of thiazole rings is 1. The molecule has 1 N–H and O–H groups in total. The fraction of sp³-hybridized carbons (Fsp3) is 0.667. The Bertz CT molecular complexity index is 412. The Morgan fingerprint density at radius 1 is 1.71 bits per heavy atom. The molecule has 1 aromatic heterocycles. The van der Waals surface area contributed by atoms with Crippen molar-refractivity contribution >= 4 is 29.9 Å². The maximum Gasteiger partial charge on any atom is 0.221 e. The smallest absolute Gasteiger partial charge is 0.221 e. The zero-order valence-electron chi connectivity index (χ0n) is 10.2. The summed E-state index contributed by atoms with van der Waals surface area (Å²) in [5, 5.41) is 6.00. The van der Waals surface area contributed by atoms with Crippen molar-refractivity contribution in [1.29, 1.82) is 0 Å². The van der Waals surface area contributed by atoms with Crippen molar-refractivity contribution < 1.29 is 4.79 Å². The maximum absolute atomic E-state index is 11.9. The van der Waals surface area contributed by atoms with Crippen LogP contribution in [-0.2, 0) is 4.79 Å². The Labute approximate surface area is 111 Å². The fourth-order valence-electron chi connectivity index (χ4n) is 1.83. The van der Waals surface area contributed by atoms with Crippen molar-refractivity contribution in [2.24, 2.45) is 5.41 Å². The average molecular weight is 270 g/mol. The number of amides is 1. The third kappa shape index (κ3) is 3.22. The van der Waals surface area contributed by atoms with Crippen molar-refractivity contribution in [3.8, 4) is 0 Å². The van der Waals surface area contributed by atoms with Gasteiger partial charge in [-0.2, -0.15) is 12.6 Å². The van der Waals surface area contributed by atoms with Gasteiger partial charge < -0.3 is 5.32 Å². The number of carbonyl (C=O) groups excluding carboxylic acids is 1. The van der Waals surface area contributed by atoms with Gasteiger partial charge in [-0.1, -0.05) is 0 Å². The van der Waals surface area contributed by atoms with Gasteiger partial charge in [0, 0.05) is 17.5 Å². The van der Waals surface area contributed by atoms with Crippen LogP contribution in [0.2, 0.25) is 0 Å². The van der Waals surface area contributed by atoms with Crippen LogP contribution in [0.15, 0.2) is 5.38 Å². The molecule has 1 aromatic rings. The van der Waals surface area contributed by atoms with Gasteiger partial charge in [0.05, 0.1) is 6.04 Å². The van der Waals surface area contributed by atoms with E-state index in [1.165, 1.54) is 0 Å². The molecule has 0 radical (unpaired) electrons. The van der Waals surface area contributed by atoms with E-state index < -0.39 is 0 Å². The summed E-state index contributed by atoms with van der Waals surface area (Å²) in [5.41, 5.74) is 1.20. The van der Waals surface area contributed by atoms with E-state index in [-0.39, 0.29) is 17.4 Å². The number of carbonyl (C=O) groups is 1. The van der Waals surface area contributed by atoms with E-state index in [1.807, 2.05) is 19.2 Å². The Hall–Kier alpha value is -0.550. The molecule has 2 rings (SSSR count). The Morgan fingerprint density at radius 2 is 2.41 bits per heavy atom. The maximum atomic E-state index is 11.9. The highest BCUT2D eigenvalue weighted by Gasteiger charge is 2.43. The molecule has 1 fully saturated rings. The third-order valence-electron chi connectivity index (χ3n) is 3.21. The molecule has 1 heterocycles. The summed E-state index contributed by atoms with van der Waals surface area (Å²) in [4.78, 5) is 16.3. The molecule has 0 spiro atoms. The van der Waals surface area contributed by atoms with Crippen LogP contribution < -0.4 is 5.32 Å². The van der Waals surface area contributed by atoms with E-state index in [2.05, 4.69) is 22.9 Å². The van der Waals surface area contributed by atoms with Crippen LogP contribution in [0.1, 0.15) is 42.9 Å². The highest BCUT2D eigenvalue weighted by atomic mass is 32.1. The van der Waals surface area contributed by atoms with Crippen LogP contribution in [0.5, 0.6) is 0 Å². The van der Waals surface area contributed by atoms with Gasteiger partial charge in [-0.25, -0.2) is 4.98 Å². The number of aryl methyl sites for hydroxylation is 1. The Morgan fingerprint density at radius 3 is 2.88 bits per heavy atom. The lowest BCUT2D eigenvalue weighted by Crippen LogP contribution is -2.29. The summed E-state index contributed by atoms with van der Waals surface area (Å²) < 4.78 is 0. The number of aromatic nitrogens is 1. The van der Waals surface area contributed by atoms with Crippen LogP contribution in [0.3, 0.4) is 0 Å². The summed E-state index contributed by atoms with van der Waals surface area (Å²) in [6.07, 6.45) is 2.87. The number of nitrogens with one attached hydrogen (secondary N) is 1. The molecular formula is C12H18N2OS2. The van der Waals surface area contributed by atoms with Gasteiger partial charge in [-0.15, -0.1) is 11.3 Å². The Balaban J connectivity index is 1.86. The quantitative estimate of drug-likeness (QED) is 0.808. The molecule has 1 aliphatic carbocycles. The predicted octanol–water partition coefficient (Wildman–Crippen LogP) is 2.73. The minimum atomic E-state index is 0.0110. The zero-order chi connectivity index (χ0) is 12.5. The number of rotatable bonds is 5. The monoisotopic (exact) mass is 270 g/mol. The van der Waals surface area contributed by atoms with Gasteiger partial charge >= 0.3 is 0 Å². The van der Waals surface area contributed by atoms with Crippen molar-refractivity contribution in [3.63, 3.8) is 0 Å². The summed E-state index contributed by atoms with van der Waals surface area (Å²) in [7, 11) is 0. The van der Waals surface area contributed by atoms with Crippen LogP contribution in [0, 0.1) is 12.3 Å². The zero-order valence-corrected chi connectivity index (χ0v) is 11.9. The number of thiol groups is 1. The highest BCUT2D eigenvalue weighted by Crippen LogP contribution is 2.49. The summed E-state index contributed by atoms with van der Waals surface area (Å²) >= 11 is 5.91. The number of hydrogen-bond donors (Lipinski definition) is 2. The molecule has 1 saturated carbocycles. The topological polar surface area (TPSA) is 42.0 Å². The van der Waals surface area contributed by atoms with Gasteiger partial charge in [0.25, 0.3) is 0 Å². The third-order valence-corrected chi connectivity index (χ3v) is 5.03. The van der Waals surface area contributed by atoms with Crippen molar-refractivity contribution in [2.75, 3.05) is 5.75 Å². The molecule has 3 nitrogen and oxygen atoms in total. The van der Waals surface area contributed by atoms with Crippen molar-refractivity contribution in [2.45, 2.75) is 39.2 Å². The molecule has 0 bridgehead atoms. The van der Waals surface area contributed by atoms with Gasteiger partial charge in [-0.3, -0.25) is 4.79 Å². The average Bonchev–Trinajstić information content (AvgIpc) is 2.91. The lowest BCUT2D eigenvalue weighted by molar-refractivity contribution is -0.122. The van der Waals surface area contributed by atoms with Crippen LogP contribution in [-0.4, -0.2) is 16.6 Å². The first-order chi connectivity index (χ1) is 8.04. The second-order valence-electron chi connectivity index (χ2n) is 4.95. The molecule has 0 aromatic carbocycles. The van der Waals surface area contributed by atoms with Gasteiger partial charge in [-0.05, 0) is 37.9 Å². The summed E-state index contributed by atoms with van der Waals surface area (Å²) in [5.74, 6) is 0.933. The first kappa shape index (κ1) is 12.9. The predicted molar refractivity (Wildman–Crippen MR) is 73.5 cm³/mol. The molecule has 5 heteroatoms. The van der Waals surface area contributed by atoms with E-state index in [0.29, 0.717) is 6.42 Å². The van der Waals surface area contributed by atoms with Crippen molar-refractivity contribution in [1.82, 2.24) is 10.3 Å². The molecule has 17 heavy (non-hydrogen) atoms. The van der Waals surface area contributed by atoms with E-state index >= 15 is 0 Å². The van der Waals surface area contributed by atoms with E-state index in [9.17, 15) is 4.79 Å². The molecular weight excluding hydrogens is 252 g/mol. The standard InChI is InChI=1S/C12H18N2OS2/c1-8-6-17-11(13-8)9(2)14-10(15)5-12(7-16)3-4-12/h6,9,16H,3-5,7H2,1-2H3,(H,14,15). The molecule has 1 atom stereocenters. The van der Waals surface area contributed by atoms with E-state index in [4.69, 9.17) is 0 Å². The first-order valence-electron chi connectivity index (χ1n) is 5.87. The van der Waals surface area contributed by atoms with Crippen LogP contribution in [0.4, 0.5) is 0 Å². The molecule has 1 amide bonds. The largest absolute Gasteiger partial charge is 0.347 e. The van der Waals surface area contributed by atoms with Gasteiger partial charge in [0.15, 0.2) is 0 Å². The highest BCUT2D eigenvalue weighted by molar-refractivity contribution is 7.80. The second-order valence-corrected chi connectivity index (χ2v) is 6.16. The van der Waals surface area contributed by atoms with E-state index in [0.717, 1.165) is 29.3 Å². The van der Waals surface area contributed by atoms with Crippen LogP contribution in [0.25, 0.3) is 0 Å². The van der Waals surface area contributed by atoms with Crippen molar-refractivity contribution in [3.05, 3.63) is 16.1 Å². The summed E-state index contributed by atoms with van der Waals surface area (Å²) in [6, 6.07) is 0.0110. The lowest BCUT2D eigenvalue weighted by Gasteiger charge is -2.15. The molecule has 1 unspecified atom stereocenters. The van der Waals surface area contributed by atoms with E-state index in [1.54, 1.807) is 11.3 Å². The Kier molecular flexibility index (Phi) is 3.78. The van der Waals surface area contributed by atoms with Gasteiger partial charge in [0.2, 0.25) is 5.91 Å². The summed E-state index contributed by atoms with van der Waals surface area (Å²) in [6.45, 7) is 3.95. The number of nitrogens with zero attached hydrogens (tertiary/aromatic N) is 1. The molecule has 94 valence electrons. The second kappa shape index (κ2) is 4.98. The number of hydrogen-bond acceptors (Lipinski definition) is 4. The normalized spacial score (nSPS) is 18.8. The fourth-order valence-corrected chi connectivity index (χ4v) is 3.07. The SMILES string of the molecule is Cc1csc(C(C)NC(=O)CC2(CS)CC2)n1.